The molecule has 0 fully saturated rings. The van der Waals surface area contributed by atoms with Gasteiger partial charge in [-0.2, -0.15) is 13.2 Å². The van der Waals surface area contributed by atoms with Crippen LogP contribution in [0.25, 0.3) is 6.08 Å². The SMILES string of the molecule is O=C(NCCC=Cc1ccc(Br)c(C(F)(F)F)c1)OCc1ccccc1. The van der Waals surface area contributed by atoms with Gasteiger partial charge in [0.05, 0.1) is 5.56 Å². The van der Waals surface area contributed by atoms with Crippen LogP contribution in [0.2, 0.25) is 0 Å². The molecule has 0 saturated heterocycles. The van der Waals surface area contributed by atoms with Crippen molar-refractivity contribution in [3.63, 3.8) is 0 Å². The summed E-state index contributed by atoms with van der Waals surface area (Å²) in [5, 5.41) is 2.58. The van der Waals surface area contributed by atoms with E-state index < -0.39 is 17.8 Å². The van der Waals surface area contributed by atoms with E-state index in [1.54, 1.807) is 18.2 Å². The maximum absolute atomic E-state index is 12.8. The minimum atomic E-state index is -4.41. The molecule has 0 saturated carbocycles. The Morgan fingerprint density at radius 3 is 2.58 bits per heavy atom. The van der Waals surface area contributed by atoms with Gasteiger partial charge in [0.1, 0.15) is 6.61 Å². The zero-order valence-electron chi connectivity index (χ0n) is 13.7. The number of alkyl halides is 3. The first-order chi connectivity index (χ1) is 12.4. The molecule has 0 radical (unpaired) electrons. The van der Waals surface area contributed by atoms with Crippen LogP contribution in [0.5, 0.6) is 0 Å². The molecule has 1 N–H and O–H groups in total. The monoisotopic (exact) mass is 427 g/mol. The van der Waals surface area contributed by atoms with Gasteiger partial charge in [-0.25, -0.2) is 4.79 Å². The summed E-state index contributed by atoms with van der Waals surface area (Å²) in [7, 11) is 0. The Labute approximate surface area is 158 Å². The predicted molar refractivity (Wildman–Crippen MR) is 97.4 cm³/mol. The summed E-state index contributed by atoms with van der Waals surface area (Å²) in [6, 6.07) is 13.3. The van der Waals surface area contributed by atoms with Crippen LogP contribution in [0.3, 0.4) is 0 Å². The van der Waals surface area contributed by atoms with E-state index >= 15 is 0 Å². The van der Waals surface area contributed by atoms with E-state index in [0.717, 1.165) is 11.6 Å². The Balaban J connectivity index is 1.75. The maximum atomic E-state index is 12.8. The summed E-state index contributed by atoms with van der Waals surface area (Å²) in [5.74, 6) is 0. The van der Waals surface area contributed by atoms with Gasteiger partial charge >= 0.3 is 12.3 Å². The van der Waals surface area contributed by atoms with Crippen LogP contribution in [0.4, 0.5) is 18.0 Å². The Hall–Kier alpha value is -2.28. The third-order valence-corrected chi connectivity index (χ3v) is 4.09. The second kappa shape index (κ2) is 9.43. The van der Waals surface area contributed by atoms with E-state index in [4.69, 9.17) is 4.74 Å². The number of alkyl carbamates (subject to hydrolysis) is 1. The van der Waals surface area contributed by atoms with E-state index in [2.05, 4.69) is 21.2 Å². The molecule has 1 amide bonds. The average molecular weight is 428 g/mol. The van der Waals surface area contributed by atoms with Crippen molar-refractivity contribution in [2.24, 2.45) is 0 Å². The summed E-state index contributed by atoms with van der Waals surface area (Å²) in [5.41, 5.74) is 0.604. The standard InChI is InChI=1S/C19H17BrF3NO2/c20-17-10-9-14(12-16(17)19(21,22)23)6-4-5-11-24-18(25)26-13-15-7-2-1-3-8-15/h1-4,6-10,12H,5,11,13H2,(H,24,25). The molecular weight excluding hydrogens is 411 g/mol. The fourth-order valence-corrected chi connectivity index (χ4v) is 2.59. The lowest BCUT2D eigenvalue weighted by Crippen LogP contribution is -2.24. The van der Waals surface area contributed by atoms with Crippen LogP contribution in [0, 0.1) is 0 Å². The number of nitrogens with one attached hydrogen (secondary N) is 1. The van der Waals surface area contributed by atoms with Crippen LogP contribution in [0.1, 0.15) is 23.1 Å². The topological polar surface area (TPSA) is 38.3 Å². The molecule has 0 bridgehead atoms. The summed E-state index contributed by atoms with van der Waals surface area (Å²) >= 11 is 2.90. The Bertz CT molecular complexity index is 761. The average Bonchev–Trinajstić information content (AvgIpc) is 2.61. The highest BCUT2D eigenvalue weighted by atomic mass is 79.9. The predicted octanol–water partition coefficient (Wildman–Crippen LogP) is 5.80. The number of rotatable bonds is 6. The van der Waals surface area contributed by atoms with Crippen molar-refractivity contribution in [1.82, 2.24) is 5.32 Å². The Kier molecular flexibility index (Phi) is 7.26. The lowest BCUT2D eigenvalue weighted by atomic mass is 10.1. The highest BCUT2D eigenvalue weighted by Crippen LogP contribution is 2.35. The van der Waals surface area contributed by atoms with Crippen molar-refractivity contribution >= 4 is 28.1 Å². The molecule has 0 unspecified atom stereocenters. The molecule has 3 nitrogen and oxygen atoms in total. The maximum Gasteiger partial charge on any atom is 0.417 e. The van der Waals surface area contributed by atoms with Gasteiger partial charge in [0, 0.05) is 11.0 Å². The second-order valence-electron chi connectivity index (χ2n) is 5.42. The highest BCUT2D eigenvalue weighted by molar-refractivity contribution is 9.10. The second-order valence-corrected chi connectivity index (χ2v) is 6.27. The van der Waals surface area contributed by atoms with E-state index in [1.165, 1.54) is 6.07 Å². The largest absolute Gasteiger partial charge is 0.445 e. The number of halogens is 4. The first kappa shape index (κ1) is 20.0. The number of carbonyl (C=O) groups is 1. The molecule has 2 rings (SSSR count). The number of hydrogen-bond donors (Lipinski definition) is 1. The van der Waals surface area contributed by atoms with E-state index in [1.807, 2.05) is 30.3 Å². The van der Waals surface area contributed by atoms with E-state index in [-0.39, 0.29) is 11.1 Å². The first-order valence-corrected chi connectivity index (χ1v) is 8.63. The summed E-state index contributed by atoms with van der Waals surface area (Å²) in [4.78, 5) is 11.6. The zero-order chi connectivity index (χ0) is 19.0. The molecule has 0 atom stereocenters. The fraction of sp³-hybridized carbons (Fsp3) is 0.211. The van der Waals surface area contributed by atoms with Gasteiger partial charge in [-0.1, -0.05) is 64.5 Å². The fourth-order valence-electron chi connectivity index (χ4n) is 2.11. The lowest BCUT2D eigenvalue weighted by molar-refractivity contribution is -0.138. The molecule has 0 aliphatic heterocycles. The van der Waals surface area contributed by atoms with E-state index in [0.29, 0.717) is 18.5 Å². The molecule has 0 spiro atoms. The number of benzene rings is 2. The smallest absolute Gasteiger partial charge is 0.417 e. The Morgan fingerprint density at radius 2 is 1.88 bits per heavy atom. The van der Waals surface area contributed by atoms with Crippen molar-refractivity contribution in [2.45, 2.75) is 19.2 Å². The number of carbonyl (C=O) groups excluding carboxylic acids is 1. The minimum absolute atomic E-state index is 0.00461. The van der Waals surface area contributed by atoms with Crippen molar-refractivity contribution < 1.29 is 22.7 Å². The van der Waals surface area contributed by atoms with Gasteiger partial charge in [0.2, 0.25) is 0 Å². The zero-order valence-corrected chi connectivity index (χ0v) is 15.3. The highest BCUT2D eigenvalue weighted by Gasteiger charge is 2.32. The van der Waals surface area contributed by atoms with Crippen molar-refractivity contribution in [1.29, 1.82) is 0 Å². The molecule has 0 aromatic heterocycles. The van der Waals surface area contributed by atoms with Crippen LogP contribution < -0.4 is 5.32 Å². The van der Waals surface area contributed by atoms with Crippen molar-refractivity contribution in [3.05, 3.63) is 75.8 Å². The summed E-state index contributed by atoms with van der Waals surface area (Å²) in [6.07, 6.45) is -1.20. The van der Waals surface area contributed by atoms with Gasteiger partial charge < -0.3 is 10.1 Å². The van der Waals surface area contributed by atoms with Gasteiger partial charge in [-0.3, -0.25) is 0 Å². The quantitative estimate of drug-likeness (QED) is 0.591. The number of amides is 1. The minimum Gasteiger partial charge on any atom is -0.445 e. The van der Waals surface area contributed by atoms with Crippen LogP contribution in [-0.4, -0.2) is 12.6 Å². The molecule has 2 aromatic carbocycles. The molecule has 0 aliphatic rings. The lowest BCUT2D eigenvalue weighted by Gasteiger charge is -2.09. The normalized spacial score (nSPS) is 11.5. The third-order valence-electron chi connectivity index (χ3n) is 3.40. The van der Waals surface area contributed by atoms with Gasteiger partial charge in [0.15, 0.2) is 0 Å². The van der Waals surface area contributed by atoms with Gasteiger partial charge in [-0.15, -0.1) is 0 Å². The van der Waals surface area contributed by atoms with Crippen LogP contribution in [-0.2, 0) is 17.5 Å². The number of ether oxygens (including phenoxy) is 1. The molecular formula is C19H17BrF3NO2. The van der Waals surface area contributed by atoms with Crippen LogP contribution in [0.15, 0.2) is 59.1 Å². The number of hydrogen-bond acceptors (Lipinski definition) is 2. The molecule has 26 heavy (non-hydrogen) atoms. The van der Waals surface area contributed by atoms with Crippen molar-refractivity contribution in [3.8, 4) is 0 Å². The first-order valence-electron chi connectivity index (χ1n) is 7.84. The Morgan fingerprint density at radius 1 is 1.15 bits per heavy atom. The third kappa shape index (κ3) is 6.55. The molecule has 138 valence electrons. The molecule has 7 heteroatoms. The van der Waals surface area contributed by atoms with E-state index in [9.17, 15) is 18.0 Å². The van der Waals surface area contributed by atoms with Gasteiger partial charge in [-0.05, 0) is 29.7 Å². The van der Waals surface area contributed by atoms with Crippen molar-refractivity contribution in [2.75, 3.05) is 6.54 Å². The van der Waals surface area contributed by atoms with Crippen LogP contribution >= 0.6 is 15.9 Å². The van der Waals surface area contributed by atoms with Gasteiger partial charge in [0.25, 0.3) is 0 Å². The molecule has 0 aliphatic carbocycles. The summed E-state index contributed by atoms with van der Waals surface area (Å²) in [6.45, 7) is 0.508. The summed E-state index contributed by atoms with van der Waals surface area (Å²) < 4.78 is 43.6. The molecule has 0 heterocycles. The molecule has 2 aromatic rings.